The van der Waals surface area contributed by atoms with Crippen LogP contribution in [0.1, 0.15) is 5.56 Å². The molecule has 10 nitrogen and oxygen atoms in total. The average Bonchev–Trinajstić information content (AvgIpc) is 3.23. The highest BCUT2D eigenvalue weighted by molar-refractivity contribution is 14.1. The summed E-state index contributed by atoms with van der Waals surface area (Å²) in [6, 6.07) is 8.08. The second-order valence-corrected chi connectivity index (χ2v) is 7.72. The number of aromatic nitrogens is 4. The van der Waals surface area contributed by atoms with Crippen molar-refractivity contribution in [1.82, 2.24) is 19.6 Å². The van der Waals surface area contributed by atoms with Gasteiger partial charge in [0.15, 0.2) is 17.0 Å². The van der Waals surface area contributed by atoms with Crippen molar-refractivity contribution in [2.75, 3.05) is 24.0 Å². The van der Waals surface area contributed by atoms with E-state index < -0.39 is 18.1 Å². The number of rotatable bonds is 5. The molecule has 0 aliphatic carbocycles. The summed E-state index contributed by atoms with van der Waals surface area (Å²) in [5.74, 6) is 0.534. The van der Waals surface area contributed by atoms with Gasteiger partial charge in [0, 0.05) is 17.2 Å². The molecule has 2 aromatic heterocycles. The van der Waals surface area contributed by atoms with E-state index in [1.807, 2.05) is 18.2 Å². The zero-order valence-electron chi connectivity index (χ0n) is 14.9. The number of fused-ring (bicyclic) bond motifs is 1. The Hall–Kier alpha value is -2.06. The van der Waals surface area contributed by atoms with E-state index in [1.165, 1.54) is 29.4 Å². The normalized spacial score (nSPS) is 24.6. The maximum absolute atomic E-state index is 10.8. The molecule has 1 aliphatic heterocycles. The minimum Gasteiger partial charge on any atom is -0.385 e. The van der Waals surface area contributed by atoms with Crippen molar-refractivity contribution in [3.8, 4) is 0 Å². The number of nitrogens with one attached hydrogen (secondary N) is 1. The summed E-state index contributed by atoms with van der Waals surface area (Å²) in [6.07, 6.45) is -0.0611. The molecular formula is C17H19IN6O4. The van der Waals surface area contributed by atoms with E-state index in [1.54, 1.807) is 0 Å². The maximum Gasteiger partial charge on any atom is 0.232 e. The van der Waals surface area contributed by atoms with E-state index in [-0.39, 0.29) is 6.61 Å². The van der Waals surface area contributed by atoms with Crippen LogP contribution in [0.25, 0.3) is 11.2 Å². The van der Waals surface area contributed by atoms with Crippen LogP contribution in [0.4, 0.5) is 5.82 Å². The fourth-order valence-electron chi connectivity index (χ4n) is 3.14. The Morgan fingerprint density at radius 2 is 2.18 bits per heavy atom. The van der Waals surface area contributed by atoms with E-state index >= 15 is 0 Å². The van der Waals surface area contributed by atoms with Gasteiger partial charge in [-0.3, -0.25) is 5.01 Å². The topological polar surface area (TPSA) is 129 Å². The molecule has 3 aromatic rings. The molecule has 11 heteroatoms. The number of ether oxygens (including phenoxy) is 1. The van der Waals surface area contributed by atoms with Crippen LogP contribution in [0.15, 0.2) is 36.9 Å². The van der Waals surface area contributed by atoms with Crippen molar-refractivity contribution >= 4 is 39.6 Å². The van der Waals surface area contributed by atoms with Crippen LogP contribution >= 0.6 is 22.6 Å². The molecule has 148 valence electrons. The number of nitrogens with zero attached hydrogens (tertiary/aromatic N) is 5. The molecule has 1 aliphatic rings. The van der Waals surface area contributed by atoms with Gasteiger partial charge >= 0.3 is 0 Å². The molecule has 0 bridgehead atoms. The number of anilines is 1. The monoisotopic (exact) mass is 498 g/mol. The minimum absolute atomic E-state index is 0.188. The highest BCUT2D eigenvalue weighted by atomic mass is 127. The standard InChI is InChI=1S/C17H19IN6O4/c1-23(17(27)12(25)7-28-16(17)26)24-9-22-13-14(20-8-21-15(13)24)19-6-10-3-2-4-11(18)5-10/h2-5,8-9,12,16,25-27H,6-7H2,1H3,(H,19,20,21)/t12-,16?,17+/m1/s1. The number of hydrogen-bond acceptors (Lipinski definition) is 9. The van der Waals surface area contributed by atoms with Crippen molar-refractivity contribution in [2.45, 2.75) is 24.7 Å². The highest BCUT2D eigenvalue weighted by Gasteiger charge is 2.53. The van der Waals surface area contributed by atoms with Gasteiger partial charge in [0.25, 0.3) is 0 Å². The molecule has 1 fully saturated rings. The van der Waals surface area contributed by atoms with E-state index in [0.29, 0.717) is 23.5 Å². The Morgan fingerprint density at radius 3 is 2.89 bits per heavy atom. The quantitative estimate of drug-likeness (QED) is 0.284. The number of hydrogen-bond donors (Lipinski definition) is 4. The number of aliphatic hydroxyl groups excluding tert-OH is 2. The van der Waals surface area contributed by atoms with Gasteiger partial charge in [-0.05, 0) is 40.3 Å². The maximum atomic E-state index is 10.8. The fraction of sp³-hybridized carbons (Fsp3) is 0.353. The molecular weight excluding hydrogens is 479 g/mol. The van der Waals surface area contributed by atoms with Gasteiger partial charge in [-0.2, -0.15) is 0 Å². The van der Waals surface area contributed by atoms with Crippen LogP contribution in [-0.2, 0) is 11.3 Å². The van der Waals surface area contributed by atoms with Crippen LogP contribution in [0.5, 0.6) is 0 Å². The Balaban J connectivity index is 1.63. The lowest BCUT2D eigenvalue weighted by molar-refractivity contribution is -0.177. The first-order valence-electron chi connectivity index (χ1n) is 8.52. The van der Waals surface area contributed by atoms with Crippen molar-refractivity contribution in [1.29, 1.82) is 0 Å². The van der Waals surface area contributed by atoms with E-state index in [0.717, 1.165) is 9.13 Å². The minimum atomic E-state index is -2.03. The van der Waals surface area contributed by atoms with E-state index in [9.17, 15) is 15.3 Å². The molecule has 4 rings (SSSR count). The third-order valence-corrected chi connectivity index (χ3v) is 5.44. The van der Waals surface area contributed by atoms with Crippen molar-refractivity contribution in [3.63, 3.8) is 0 Å². The first kappa shape index (κ1) is 19.3. The number of aliphatic hydroxyl groups is 3. The summed E-state index contributed by atoms with van der Waals surface area (Å²) in [7, 11) is 1.50. The second-order valence-electron chi connectivity index (χ2n) is 6.48. The van der Waals surface area contributed by atoms with Gasteiger partial charge in [0.05, 0.1) is 6.61 Å². The molecule has 1 unspecified atom stereocenters. The van der Waals surface area contributed by atoms with Gasteiger partial charge in [0.2, 0.25) is 12.0 Å². The molecule has 28 heavy (non-hydrogen) atoms. The second kappa shape index (κ2) is 7.40. The molecule has 1 saturated heterocycles. The summed E-state index contributed by atoms with van der Waals surface area (Å²) < 4.78 is 7.55. The first-order valence-corrected chi connectivity index (χ1v) is 9.59. The summed E-state index contributed by atoms with van der Waals surface area (Å²) >= 11 is 2.26. The number of benzene rings is 1. The lowest BCUT2D eigenvalue weighted by Gasteiger charge is -2.38. The van der Waals surface area contributed by atoms with Gasteiger partial charge < -0.3 is 25.4 Å². The number of halogens is 1. The van der Waals surface area contributed by atoms with Crippen LogP contribution < -0.4 is 10.3 Å². The molecule has 0 saturated carbocycles. The zero-order chi connectivity index (χ0) is 19.9. The van der Waals surface area contributed by atoms with Gasteiger partial charge in [-0.25, -0.2) is 19.6 Å². The predicted molar refractivity (Wildman–Crippen MR) is 109 cm³/mol. The molecule has 0 radical (unpaired) electrons. The molecule has 4 N–H and O–H groups in total. The lowest BCUT2D eigenvalue weighted by atomic mass is 10.1. The predicted octanol–water partition coefficient (Wildman–Crippen LogP) is 0.00890. The molecule has 1 aromatic carbocycles. The Kier molecular flexibility index (Phi) is 5.09. The Labute approximate surface area is 173 Å². The van der Waals surface area contributed by atoms with Crippen LogP contribution in [-0.4, -0.2) is 66.7 Å². The summed E-state index contributed by atoms with van der Waals surface area (Å²) in [5, 5.41) is 35.3. The average molecular weight is 498 g/mol. The SMILES string of the molecule is CN(n1cnc2c(NCc3cccc(I)c3)ncnc21)[C@@]1(O)C(O)OC[C@H]1O. The van der Waals surface area contributed by atoms with Crippen LogP contribution in [0.3, 0.4) is 0 Å². The molecule has 0 amide bonds. The van der Waals surface area contributed by atoms with Crippen LogP contribution in [0, 0.1) is 3.57 Å². The molecule has 3 heterocycles. The van der Waals surface area contributed by atoms with Gasteiger partial charge in [-0.15, -0.1) is 0 Å². The van der Waals surface area contributed by atoms with Gasteiger partial charge in [0.1, 0.15) is 18.8 Å². The van der Waals surface area contributed by atoms with Crippen molar-refractivity contribution < 1.29 is 20.1 Å². The molecule has 3 atom stereocenters. The van der Waals surface area contributed by atoms with E-state index in [4.69, 9.17) is 4.74 Å². The Bertz CT molecular complexity index is 989. The Morgan fingerprint density at radius 1 is 1.36 bits per heavy atom. The third kappa shape index (κ3) is 3.18. The zero-order valence-corrected chi connectivity index (χ0v) is 17.1. The smallest absolute Gasteiger partial charge is 0.232 e. The van der Waals surface area contributed by atoms with E-state index in [2.05, 4.69) is 48.9 Å². The largest absolute Gasteiger partial charge is 0.385 e. The summed E-state index contributed by atoms with van der Waals surface area (Å²) in [5.41, 5.74) is -0.0416. The lowest BCUT2D eigenvalue weighted by Crippen LogP contribution is -2.63. The highest BCUT2D eigenvalue weighted by Crippen LogP contribution is 2.28. The fourth-order valence-corrected chi connectivity index (χ4v) is 3.75. The van der Waals surface area contributed by atoms with Crippen molar-refractivity contribution in [2.24, 2.45) is 0 Å². The number of imidazole rings is 1. The van der Waals surface area contributed by atoms with Crippen molar-refractivity contribution in [3.05, 3.63) is 46.1 Å². The third-order valence-electron chi connectivity index (χ3n) is 4.77. The van der Waals surface area contributed by atoms with Gasteiger partial charge in [-0.1, -0.05) is 12.1 Å². The summed E-state index contributed by atoms with van der Waals surface area (Å²) in [4.78, 5) is 12.8. The molecule has 0 spiro atoms. The first-order chi connectivity index (χ1) is 13.4. The number of likely N-dealkylation sites (N-methyl/N-ethyl adjacent to an activating group) is 1. The summed E-state index contributed by atoms with van der Waals surface area (Å²) in [6.45, 7) is 0.368. The van der Waals surface area contributed by atoms with Crippen LogP contribution in [0.2, 0.25) is 0 Å².